The highest BCUT2D eigenvalue weighted by atomic mass is 32.1. The number of carboxylic acids is 1. The smallest absolute Gasteiger partial charge is 0.358 e. The van der Waals surface area contributed by atoms with E-state index >= 15 is 0 Å². The number of carboxylic acid groups (broad SMARTS) is 1. The Morgan fingerprint density at radius 1 is 1.48 bits per heavy atom. The number of carbonyl (C=O) groups is 2. The van der Waals surface area contributed by atoms with Crippen LogP contribution in [-0.2, 0) is 29.1 Å². The lowest BCUT2D eigenvalue weighted by atomic mass is 10.2. The molecule has 8 heteroatoms. The Bertz CT molecular complexity index is 708. The van der Waals surface area contributed by atoms with E-state index in [-0.39, 0.29) is 30.6 Å². The Morgan fingerprint density at radius 3 is 3.17 bits per heavy atom. The molecule has 0 radical (unpaired) electrons. The third-order valence-corrected chi connectivity index (χ3v) is 4.71. The van der Waals surface area contributed by atoms with Gasteiger partial charge in [-0.25, -0.2) is 9.78 Å². The standard InChI is InChI=1S/C15H16N2O5S/c18-13(8-21-7-11-14(15(19)20)16-9-22-11)17-4-1-2-12-10(6-17)3-5-23-12/h3,5,9H,1-2,4,6-8H2,(H,19,20). The lowest BCUT2D eigenvalue weighted by Gasteiger charge is -2.20. The first kappa shape index (κ1) is 15.7. The van der Waals surface area contributed by atoms with Gasteiger partial charge in [0, 0.05) is 18.0 Å². The zero-order valence-electron chi connectivity index (χ0n) is 12.4. The van der Waals surface area contributed by atoms with E-state index in [1.54, 1.807) is 16.2 Å². The Hall–Kier alpha value is -2.19. The number of hydrogen-bond acceptors (Lipinski definition) is 6. The summed E-state index contributed by atoms with van der Waals surface area (Å²) in [5.41, 5.74) is 1.01. The highest BCUT2D eigenvalue weighted by Gasteiger charge is 2.21. The minimum Gasteiger partial charge on any atom is -0.476 e. The van der Waals surface area contributed by atoms with Crippen molar-refractivity contribution in [1.82, 2.24) is 9.88 Å². The van der Waals surface area contributed by atoms with Gasteiger partial charge < -0.3 is 19.2 Å². The number of fused-ring (bicyclic) bond motifs is 1. The van der Waals surface area contributed by atoms with Gasteiger partial charge in [0.2, 0.25) is 5.91 Å². The molecule has 1 N–H and O–H groups in total. The number of aromatic carboxylic acids is 1. The average molecular weight is 336 g/mol. The van der Waals surface area contributed by atoms with Crippen molar-refractivity contribution >= 4 is 23.2 Å². The molecule has 7 nitrogen and oxygen atoms in total. The minimum absolute atomic E-state index is 0.0923. The molecule has 2 aromatic heterocycles. The number of aryl methyl sites for hydroxylation is 1. The van der Waals surface area contributed by atoms with Crippen LogP contribution in [0.2, 0.25) is 0 Å². The van der Waals surface area contributed by atoms with Gasteiger partial charge in [-0.3, -0.25) is 4.79 Å². The van der Waals surface area contributed by atoms with Crippen LogP contribution in [0.5, 0.6) is 0 Å². The van der Waals surface area contributed by atoms with E-state index in [4.69, 9.17) is 14.3 Å². The number of oxazole rings is 1. The highest BCUT2D eigenvalue weighted by molar-refractivity contribution is 7.10. The Morgan fingerprint density at radius 2 is 2.35 bits per heavy atom. The van der Waals surface area contributed by atoms with Crippen LogP contribution in [0.4, 0.5) is 0 Å². The molecular formula is C15H16N2O5S. The maximum Gasteiger partial charge on any atom is 0.358 e. The van der Waals surface area contributed by atoms with E-state index < -0.39 is 5.97 Å². The molecule has 2 aromatic rings. The second kappa shape index (κ2) is 6.93. The summed E-state index contributed by atoms with van der Waals surface area (Å²) in [6.07, 6.45) is 2.99. The summed E-state index contributed by atoms with van der Waals surface area (Å²) < 4.78 is 10.3. The summed E-state index contributed by atoms with van der Waals surface area (Å²) in [5, 5.41) is 11.0. The number of ether oxygens (including phenoxy) is 1. The van der Waals surface area contributed by atoms with Gasteiger partial charge in [-0.15, -0.1) is 11.3 Å². The van der Waals surface area contributed by atoms with Crippen LogP contribution in [0.3, 0.4) is 0 Å². The fourth-order valence-electron chi connectivity index (χ4n) is 2.52. The normalized spacial score (nSPS) is 14.3. The van der Waals surface area contributed by atoms with Crippen molar-refractivity contribution in [3.05, 3.63) is 39.7 Å². The molecule has 3 heterocycles. The molecule has 0 aliphatic carbocycles. The second-order valence-corrected chi connectivity index (χ2v) is 6.21. The topological polar surface area (TPSA) is 92.9 Å². The number of amides is 1. The molecule has 0 fully saturated rings. The molecule has 122 valence electrons. The number of rotatable bonds is 5. The van der Waals surface area contributed by atoms with Gasteiger partial charge in [-0.2, -0.15) is 0 Å². The van der Waals surface area contributed by atoms with Gasteiger partial charge in [0.25, 0.3) is 0 Å². The molecule has 0 spiro atoms. The fraction of sp³-hybridized carbons (Fsp3) is 0.400. The van der Waals surface area contributed by atoms with Crippen molar-refractivity contribution in [2.75, 3.05) is 13.2 Å². The summed E-state index contributed by atoms with van der Waals surface area (Å²) >= 11 is 1.73. The first-order chi connectivity index (χ1) is 11.1. The van der Waals surface area contributed by atoms with Gasteiger partial charge in [-0.1, -0.05) is 0 Å². The molecule has 23 heavy (non-hydrogen) atoms. The number of carbonyl (C=O) groups excluding carboxylic acids is 1. The summed E-state index contributed by atoms with van der Waals surface area (Å²) in [7, 11) is 0. The van der Waals surface area contributed by atoms with E-state index in [1.807, 2.05) is 5.38 Å². The Kier molecular flexibility index (Phi) is 4.73. The van der Waals surface area contributed by atoms with Crippen LogP contribution >= 0.6 is 11.3 Å². The van der Waals surface area contributed by atoms with Gasteiger partial charge >= 0.3 is 5.97 Å². The number of aromatic nitrogens is 1. The van der Waals surface area contributed by atoms with Crippen molar-refractivity contribution in [3.8, 4) is 0 Å². The maximum absolute atomic E-state index is 12.3. The summed E-state index contributed by atoms with van der Waals surface area (Å²) in [6, 6.07) is 2.06. The van der Waals surface area contributed by atoms with Crippen molar-refractivity contribution in [2.45, 2.75) is 26.0 Å². The predicted molar refractivity (Wildman–Crippen MR) is 81.2 cm³/mol. The molecule has 1 aliphatic heterocycles. The quantitative estimate of drug-likeness (QED) is 0.897. The van der Waals surface area contributed by atoms with E-state index in [0.717, 1.165) is 19.2 Å². The molecule has 0 saturated heterocycles. The third-order valence-electron chi connectivity index (χ3n) is 3.69. The van der Waals surface area contributed by atoms with Gasteiger partial charge in [-0.05, 0) is 29.9 Å². The summed E-state index contributed by atoms with van der Waals surface area (Å²) in [4.78, 5) is 29.9. The van der Waals surface area contributed by atoms with Crippen LogP contribution < -0.4 is 0 Å². The zero-order chi connectivity index (χ0) is 16.2. The van der Waals surface area contributed by atoms with Crippen LogP contribution in [0, 0.1) is 0 Å². The van der Waals surface area contributed by atoms with Gasteiger partial charge in [0.15, 0.2) is 17.8 Å². The first-order valence-corrected chi connectivity index (χ1v) is 8.09. The monoisotopic (exact) mass is 336 g/mol. The SMILES string of the molecule is O=C(O)c1ncoc1COCC(=O)N1CCCc2sccc2C1. The van der Waals surface area contributed by atoms with E-state index in [9.17, 15) is 9.59 Å². The van der Waals surface area contributed by atoms with Gasteiger partial charge in [0.05, 0.1) is 0 Å². The van der Waals surface area contributed by atoms with Crippen molar-refractivity contribution in [2.24, 2.45) is 0 Å². The van der Waals surface area contributed by atoms with E-state index in [0.29, 0.717) is 13.1 Å². The molecule has 0 aromatic carbocycles. The summed E-state index contributed by atoms with van der Waals surface area (Å²) in [6.45, 7) is 1.10. The lowest BCUT2D eigenvalue weighted by Crippen LogP contribution is -2.33. The molecular weight excluding hydrogens is 320 g/mol. The van der Waals surface area contributed by atoms with Crippen molar-refractivity contribution in [3.63, 3.8) is 0 Å². The number of thiophene rings is 1. The van der Waals surface area contributed by atoms with E-state index in [1.165, 1.54) is 10.4 Å². The molecule has 0 atom stereocenters. The van der Waals surface area contributed by atoms with Gasteiger partial charge in [0.1, 0.15) is 13.2 Å². The minimum atomic E-state index is -1.18. The Labute approximate surface area is 136 Å². The zero-order valence-corrected chi connectivity index (χ0v) is 13.2. The van der Waals surface area contributed by atoms with Crippen LogP contribution in [0.15, 0.2) is 22.3 Å². The first-order valence-electron chi connectivity index (χ1n) is 7.21. The average Bonchev–Trinajstić information content (AvgIpc) is 3.12. The maximum atomic E-state index is 12.3. The number of hydrogen-bond donors (Lipinski definition) is 1. The second-order valence-electron chi connectivity index (χ2n) is 5.21. The van der Waals surface area contributed by atoms with Crippen LogP contribution in [0.1, 0.15) is 33.1 Å². The molecule has 0 saturated carbocycles. The summed E-state index contributed by atoms with van der Waals surface area (Å²) in [5.74, 6) is -1.18. The van der Waals surface area contributed by atoms with Crippen molar-refractivity contribution < 1.29 is 23.8 Å². The van der Waals surface area contributed by atoms with E-state index in [2.05, 4.69) is 11.1 Å². The molecule has 3 rings (SSSR count). The largest absolute Gasteiger partial charge is 0.476 e. The fourth-order valence-corrected chi connectivity index (χ4v) is 3.47. The Balaban J connectivity index is 1.53. The van der Waals surface area contributed by atoms with Crippen LogP contribution in [-0.4, -0.2) is 40.0 Å². The molecule has 1 amide bonds. The lowest BCUT2D eigenvalue weighted by molar-refractivity contribution is -0.137. The highest BCUT2D eigenvalue weighted by Crippen LogP contribution is 2.23. The molecule has 0 bridgehead atoms. The molecule has 0 unspecified atom stereocenters. The predicted octanol–water partition coefficient (Wildman–Crippen LogP) is 1.93. The number of nitrogens with zero attached hydrogens (tertiary/aromatic N) is 2. The van der Waals surface area contributed by atoms with Crippen molar-refractivity contribution in [1.29, 1.82) is 0 Å². The third kappa shape index (κ3) is 3.59. The van der Waals surface area contributed by atoms with Crippen LogP contribution in [0.25, 0.3) is 0 Å². The molecule has 1 aliphatic rings.